The molecule has 3 atom stereocenters. The van der Waals surface area contributed by atoms with E-state index in [4.69, 9.17) is 0 Å². The van der Waals surface area contributed by atoms with Gasteiger partial charge >= 0.3 is 0 Å². The first-order valence-corrected chi connectivity index (χ1v) is 12.8. The monoisotopic (exact) mass is 450 g/mol. The number of aromatic hydroxyl groups is 2. The van der Waals surface area contributed by atoms with Crippen molar-refractivity contribution in [2.45, 2.75) is 105 Å². The Kier molecular flexibility index (Phi) is 7.00. The Labute approximate surface area is 202 Å². The summed E-state index contributed by atoms with van der Waals surface area (Å²) in [4.78, 5) is 0. The minimum atomic E-state index is -0.133. The molecular weight excluding hydrogens is 404 g/mol. The van der Waals surface area contributed by atoms with Gasteiger partial charge in [-0.15, -0.1) is 0 Å². The first-order valence-electron chi connectivity index (χ1n) is 12.8. The summed E-state index contributed by atoms with van der Waals surface area (Å²) < 4.78 is 0. The second kappa shape index (κ2) is 9.01. The summed E-state index contributed by atoms with van der Waals surface area (Å²) in [6.45, 7) is 22.1. The predicted octanol–water partition coefficient (Wildman–Crippen LogP) is 8.51. The summed E-state index contributed by atoms with van der Waals surface area (Å²) in [5.41, 5.74) is 6.73. The van der Waals surface area contributed by atoms with Crippen LogP contribution in [0.5, 0.6) is 11.5 Å². The zero-order valence-corrected chi connectivity index (χ0v) is 22.6. The molecule has 0 heterocycles. The van der Waals surface area contributed by atoms with E-state index < -0.39 is 0 Å². The molecule has 1 aliphatic carbocycles. The lowest BCUT2D eigenvalue weighted by Gasteiger charge is -2.39. The predicted molar refractivity (Wildman–Crippen MR) is 141 cm³/mol. The highest BCUT2D eigenvalue weighted by Gasteiger charge is 2.35. The summed E-state index contributed by atoms with van der Waals surface area (Å²) in [5, 5.41) is 21.6. The first-order chi connectivity index (χ1) is 15.1. The molecule has 3 unspecified atom stereocenters. The number of benzene rings is 2. The Bertz CT molecular complexity index is 934. The van der Waals surface area contributed by atoms with Crippen molar-refractivity contribution in [2.24, 2.45) is 17.8 Å². The Hall–Kier alpha value is -1.96. The summed E-state index contributed by atoms with van der Waals surface area (Å²) in [7, 11) is 0. The molecule has 0 amide bonds. The van der Waals surface area contributed by atoms with Gasteiger partial charge in [-0.2, -0.15) is 0 Å². The largest absolute Gasteiger partial charge is 0.508 e. The molecule has 1 fully saturated rings. The van der Waals surface area contributed by atoms with Crippen LogP contribution >= 0.6 is 0 Å². The van der Waals surface area contributed by atoms with Crippen molar-refractivity contribution in [3.05, 3.63) is 57.6 Å². The van der Waals surface area contributed by atoms with Crippen LogP contribution in [-0.4, -0.2) is 10.2 Å². The summed E-state index contributed by atoms with van der Waals surface area (Å²) in [5.74, 6) is 3.05. The van der Waals surface area contributed by atoms with E-state index in [0.717, 1.165) is 28.2 Å². The average molecular weight is 451 g/mol. The molecule has 0 saturated heterocycles. The maximum absolute atomic E-state index is 10.8. The fourth-order valence-corrected chi connectivity index (χ4v) is 5.86. The van der Waals surface area contributed by atoms with Crippen LogP contribution in [0.25, 0.3) is 0 Å². The molecule has 2 nitrogen and oxygen atoms in total. The number of rotatable bonds is 3. The van der Waals surface area contributed by atoms with Crippen LogP contribution in [0.2, 0.25) is 0 Å². The molecule has 182 valence electrons. The van der Waals surface area contributed by atoms with Gasteiger partial charge in [0.2, 0.25) is 0 Å². The molecule has 0 aromatic heterocycles. The highest BCUT2D eigenvalue weighted by Crippen LogP contribution is 2.48. The van der Waals surface area contributed by atoms with Crippen molar-refractivity contribution in [3.8, 4) is 11.5 Å². The second-order valence-electron chi connectivity index (χ2n) is 13.0. The van der Waals surface area contributed by atoms with E-state index >= 15 is 0 Å². The van der Waals surface area contributed by atoms with Crippen molar-refractivity contribution in [3.63, 3.8) is 0 Å². The molecule has 1 saturated carbocycles. The molecule has 0 radical (unpaired) electrons. The van der Waals surface area contributed by atoms with Gasteiger partial charge in [0.25, 0.3) is 0 Å². The minimum Gasteiger partial charge on any atom is -0.508 e. The normalized spacial score (nSPS) is 22.1. The lowest BCUT2D eigenvalue weighted by atomic mass is 9.65. The lowest BCUT2D eigenvalue weighted by Crippen LogP contribution is -2.27. The molecule has 2 heteroatoms. The van der Waals surface area contributed by atoms with Gasteiger partial charge < -0.3 is 10.2 Å². The van der Waals surface area contributed by atoms with Gasteiger partial charge in [0.1, 0.15) is 11.5 Å². The van der Waals surface area contributed by atoms with Crippen LogP contribution in [0.4, 0.5) is 0 Å². The van der Waals surface area contributed by atoms with Gasteiger partial charge in [-0.05, 0) is 101 Å². The van der Waals surface area contributed by atoms with Crippen LogP contribution in [-0.2, 0) is 10.8 Å². The van der Waals surface area contributed by atoms with Gasteiger partial charge in [-0.25, -0.2) is 0 Å². The van der Waals surface area contributed by atoms with E-state index in [2.05, 4.69) is 81.4 Å². The van der Waals surface area contributed by atoms with Gasteiger partial charge in [0.15, 0.2) is 0 Å². The molecule has 33 heavy (non-hydrogen) atoms. The van der Waals surface area contributed by atoms with E-state index in [9.17, 15) is 10.2 Å². The SMILES string of the molecule is Cc1cc(O)c(C(C)(C)C)cc1C(c1cc(C(C)(C)C)c(O)cc1C)C1CCC(C)C(C)C1. The van der Waals surface area contributed by atoms with Gasteiger partial charge in [0, 0.05) is 5.92 Å². The van der Waals surface area contributed by atoms with Crippen LogP contribution in [0.1, 0.15) is 114 Å². The van der Waals surface area contributed by atoms with Crippen LogP contribution in [0.15, 0.2) is 24.3 Å². The zero-order valence-electron chi connectivity index (χ0n) is 22.6. The van der Waals surface area contributed by atoms with Crippen molar-refractivity contribution in [1.82, 2.24) is 0 Å². The third-order valence-electron chi connectivity index (χ3n) is 8.17. The quantitative estimate of drug-likeness (QED) is 0.492. The number of hydrogen-bond donors (Lipinski definition) is 2. The number of aryl methyl sites for hydroxylation is 2. The third kappa shape index (κ3) is 5.26. The van der Waals surface area contributed by atoms with Crippen LogP contribution in [0.3, 0.4) is 0 Å². The number of phenolic OH excluding ortho intramolecular Hbond substituents is 2. The topological polar surface area (TPSA) is 40.5 Å². The lowest BCUT2D eigenvalue weighted by molar-refractivity contribution is 0.194. The molecule has 2 aromatic rings. The summed E-state index contributed by atoms with van der Waals surface area (Å²) in [6, 6.07) is 8.50. The Morgan fingerprint density at radius 2 is 1.12 bits per heavy atom. The highest BCUT2D eigenvalue weighted by atomic mass is 16.3. The smallest absolute Gasteiger partial charge is 0.119 e. The van der Waals surface area contributed by atoms with Gasteiger partial charge in [-0.3, -0.25) is 0 Å². The molecular formula is C31H46O2. The Morgan fingerprint density at radius 3 is 1.48 bits per heavy atom. The van der Waals surface area contributed by atoms with E-state index in [1.54, 1.807) is 0 Å². The Balaban J connectivity index is 2.28. The standard InChI is InChI=1S/C31H46O2/c1-18-11-12-22(13-19(18)2)29(23-16-25(30(5,6)7)27(32)14-20(23)3)24-17-26(31(8,9)10)28(33)15-21(24)4/h14-19,22,29,32-33H,11-13H2,1-10H3. The molecule has 0 bridgehead atoms. The number of hydrogen-bond acceptors (Lipinski definition) is 2. The Morgan fingerprint density at radius 1 is 0.697 bits per heavy atom. The maximum Gasteiger partial charge on any atom is 0.119 e. The molecule has 3 rings (SSSR count). The zero-order chi connectivity index (χ0) is 24.9. The van der Waals surface area contributed by atoms with E-state index in [1.807, 2.05) is 12.1 Å². The van der Waals surface area contributed by atoms with Crippen molar-refractivity contribution in [1.29, 1.82) is 0 Å². The van der Waals surface area contributed by atoms with Crippen molar-refractivity contribution >= 4 is 0 Å². The fourth-order valence-electron chi connectivity index (χ4n) is 5.86. The molecule has 2 aromatic carbocycles. The van der Waals surface area contributed by atoms with Gasteiger partial charge in [-0.1, -0.05) is 73.9 Å². The molecule has 0 aliphatic heterocycles. The van der Waals surface area contributed by atoms with Crippen LogP contribution in [0, 0.1) is 31.6 Å². The summed E-state index contributed by atoms with van der Waals surface area (Å²) >= 11 is 0. The fraction of sp³-hybridized carbons (Fsp3) is 0.613. The highest BCUT2D eigenvalue weighted by molar-refractivity contribution is 5.53. The van der Waals surface area contributed by atoms with E-state index in [-0.39, 0.29) is 16.7 Å². The van der Waals surface area contributed by atoms with Crippen molar-refractivity contribution < 1.29 is 10.2 Å². The average Bonchev–Trinajstić information content (AvgIpc) is 2.65. The maximum atomic E-state index is 10.8. The van der Waals surface area contributed by atoms with Crippen molar-refractivity contribution in [2.75, 3.05) is 0 Å². The van der Waals surface area contributed by atoms with Crippen LogP contribution < -0.4 is 0 Å². The minimum absolute atomic E-state index is 0.133. The first kappa shape index (κ1) is 25.7. The molecule has 1 aliphatic rings. The van der Waals surface area contributed by atoms with Gasteiger partial charge in [0.05, 0.1) is 0 Å². The molecule has 0 spiro atoms. The van der Waals surface area contributed by atoms with E-state index in [1.165, 1.54) is 30.4 Å². The third-order valence-corrected chi connectivity index (χ3v) is 8.17. The van der Waals surface area contributed by atoms with E-state index in [0.29, 0.717) is 23.3 Å². The summed E-state index contributed by atoms with van der Waals surface area (Å²) in [6.07, 6.45) is 3.68. The molecule has 2 N–H and O–H groups in total. The second-order valence-corrected chi connectivity index (χ2v) is 13.0. The number of phenols is 2.